The topological polar surface area (TPSA) is 81.8 Å². The highest BCUT2D eigenvalue weighted by atomic mass is 79.9. The van der Waals surface area contributed by atoms with Gasteiger partial charge in [-0.3, -0.25) is 10.1 Å². The number of ether oxygens (including phenoxy) is 1. The molecule has 6 nitrogen and oxygen atoms in total. The zero-order valence-electron chi connectivity index (χ0n) is 12.2. The fourth-order valence-corrected chi connectivity index (χ4v) is 2.66. The molecule has 3 rings (SSSR count). The molecule has 0 radical (unpaired) electrons. The van der Waals surface area contributed by atoms with E-state index in [0.717, 1.165) is 6.07 Å². The van der Waals surface area contributed by atoms with E-state index < -0.39 is 16.7 Å². The summed E-state index contributed by atoms with van der Waals surface area (Å²) < 4.78 is 19.4. The lowest BCUT2D eigenvalue weighted by atomic mass is 10.2. The molecule has 0 spiro atoms. The van der Waals surface area contributed by atoms with Crippen LogP contribution in [0.15, 0.2) is 51.6 Å². The highest BCUT2D eigenvalue weighted by Crippen LogP contribution is 2.28. The lowest BCUT2D eigenvalue weighted by molar-refractivity contribution is -0.384. The molecule has 0 aliphatic carbocycles. The summed E-state index contributed by atoms with van der Waals surface area (Å²) in [6.45, 7) is 0. The standard InChI is InChI=1S/C16H7BrClFN2O4/c17-10-2-4-12(19)9(5-10)6-13-16(22)25-15(20-13)8-1-3-11(18)14(7-8)21(23)24/h1-7H. The zero-order valence-corrected chi connectivity index (χ0v) is 14.5. The van der Waals surface area contributed by atoms with Gasteiger partial charge in [0.2, 0.25) is 5.90 Å². The maximum atomic E-state index is 13.8. The van der Waals surface area contributed by atoms with Gasteiger partial charge in [-0.25, -0.2) is 14.2 Å². The molecule has 25 heavy (non-hydrogen) atoms. The predicted molar refractivity (Wildman–Crippen MR) is 92.8 cm³/mol. The van der Waals surface area contributed by atoms with Crippen LogP contribution in [0, 0.1) is 15.9 Å². The summed E-state index contributed by atoms with van der Waals surface area (Å²) in [4.78, 5) is 26.2. The molecule has 2 aromatic rings. The van der Waals surface area contributed by atoms with Gasteiger partial charge in [0.05, 0.1) is 4.92 Å². The molecule has 0 atom stereocenters. The molecule has 0 aromatic heterocycles. The smallest absolute Gasteiger partial charge is 0.363 e. The predicted octanol–water partition coefficient (Wildman–Crippen LogP) is 4.49. The van der Waals surface area contributed by atoms with Crippen LogP contribution in [-0.4, -0.2) is 16.8 Å². The second-order valence-corrected chi connectivity index (χ2v) is 6.25. The summed E-state index contributed by atoms with van der Waals surface area (Å²) in [5, 5.41) is 10.9. The molecule has 2 aromatic carbocycles. The van der Waals surface area contributed by atoms with E-state index in [2.05, 4.69) is 20.9 Å². The quantitative estimate of drug-likeness (QED) is 0.314. The van der Waals surface area contributed by atoms with Crippen LogP contribution in [-0.2, 0) is 9.53 Å². The van der Waals surface area contributed by atoms with Gasteiger partial charge in [-0.2, -0.15) is 0 Å². The van der Waals surface area contributed by atoms with E-state index in [-0.39, 0.29) is 33.4 Å². The van der Waals surface area contributed by atoms with Crippen LogP contribution in [0.1, 0.15) is 11.1 Å². The van der Waals surface area contributed by atoms with E-state index in [1.807, 2.05) is 0 Å². The number of carbonyl (C=O) groups excluding carboxylic acids is 1. The molecule has 0 amide bonds. The number of nitrogens with zero attached hydrogens (tertiary/aromatic N) is 2. The van der Waals surface area contributed by atoms with Crippen LogP contribution in [0.25, 0.3) is 6.08 Å². The minimum absolute atomic E-state index is 0.0503. The van der Waals surface area contributed by atoms with Crippen LogP contribution in [0.2, 0.25) is 5.02 Å². The summed E-state index contributed by atoms with van der Waals surface area (Å²) in [6.07, 6.45) is 1.24. The SMILES string of the molecule is O=C1OC(c2ccc(Cl)c([N+](=O)[O-])c2)=NC1=Cc1cc(Br)ccc1F. The van der Waals surface area contributed by atoms with Gasteiger partial charge in [-0.1, -0.05) is 27.5 Å². The summed E-state index contributed by atoms with van der Waals surface area (Å²) in [5.41, 5.74) is -0.103. The molecule has 126 valence electrons. The number of hydrogen-bond donors (Lipinski definition) is 0. The lowest BCUT2D eigenvalue weighted by Gasteiger charge is -2.00. The van der Waals surface area contributed by atoms with Crippen molar-refractivity contribution in [2.75, 3.05) is 0 Å². The average Bonchev–Trinajstić information content (AvgIpc) is 2.92. The molecule has 1 aliphatic heterocycles. The molecule has 0 N–H and O–H groups in total. The fraction of sp³-hybridized carbons (Fsp3) is 0. The summed E-state index contributed by atoms with van der Waals surface area (Å²) >= 11 is 8.96. The number of carbonyl (C=O) groups is 1. The third kappa shape index (κ3) is 3.59. The van der Waals surface area contributed by atoms with Crippen LogP contribution >= 0.6 is 27.5 Å². The first-order valence-corrected chi connectivity index (χ1v) is 7.94. The van der Waals surface area contributed by atoms with Crippen LogP contribution in [0.3, 0.4) is 0 Å². The minimum Gasteiger partial charge on any atom is -0.402 e. The van der Waals surface area contributed by atoms with Crippen molar-refractivity contribution < 1.29 is 18.8 Å². The first-order chi connectivity index (χ1) is 11.8. The number of rotatable bonds is 3. The van der Waals surface area contributed by atoms with Gasteiger partial charge >= 0.3 is 5.97 Å². The lowest BCUT2D eigenvalue weighted by Crippen LogP contribution is -2.06. The van der Waals surface area contributed by atoms with Crippen molar-refractivity contribution >= 4 is 51.2 Å². The van der Waals surface area contributed by atoms with Gasteiger partial charge in [0.15, 0.2) is 5.70 Å². The third-order valence-electron chi connectivity index (χ3n) is 3.26. The Labute approximate surface area is 153 Å². The molecule has 1 aliphatic rings. The first kappa shape index (κ1) is 17.2. The van der Waals surface area contributed by atoms with E-state index in [0.29, 0.717) is 4.47 Å². The highest BCUT2D eigenvalue weighted by molar-refractivity contribution is 9.10. The normalized spacial score (nSPS) is 15.2. The molecule has 0 unspecified atom stereocenters. The molecular weight excluding hydrogens is 419 g/mol. The van der Waals surface area contributed by atoms with Gasteiger partial charge in [0, 0.05) is 21.7 Å². The number of cyclic esters (lactones) is 1. The van der Waals surface area contributed by atoms with Crippen LogP contribution in [0.4, 0.5) is 10.1 Å². The van der Waals surface area contributed by atoms with Crippen molar-refractivity contribution in [1.29, 1.82) is 0 Å². The Bertz CT molecular complexity index is 975. The molecule has 0 saturated carbocycles. The Kier molecular flexibility index (Phi) is 4.65. The van der Waals surface area contributed by atoms with Gasteiger partial charge in [-0.05, 0) is 36.4 Å². The monoisotopic (exact) mass is 424 g/mol. The Morgan fingerprint density at radius 1 is 1.28 bits per heavy atom. The van der Waals surface area contributed by atoms with Crippen molar-refractivity contribution in [3.05, 3.63) is 78.6 Å². The summed E-state index contributed by atoms with van der Waals surface area (Å²) in [7, 11) is 0. The zero-order chi connectivity index (χ0) is 18.1. The molecule has 0 bridgehead atoms. The number of nitro benzene ring substituents is 1. The van der Waals surface area contributed by atoms with Crippen molar-refractivity contribution in [2.45, 2.75) is 0 Å². The Hall–Kier alpha value is -2.58. The number of aliphatic imine (C=N–C) groups is 1. The van der Waals surface area contributed by atoms with E-state index in [4.69, 9.17) is 16.3 Å². The second-order valence-electron chi connectivity index (χ2n) is 4.93. The molecule has 0 fully saturated rings. The number of esters is 1. The Morgan fingerprint density at radius 2 is 2.04 bits per heavy atom. The van der Waals surface area contributed by atoms with E-state index in [1.54, 1.807) is 0 Å². The largest absolute Gasteiger partial charge is 0.402 e. The minimum atomic E-state index is -0.785. The molecule has 0 saturated heterocycles. The third-order valence-corrected chi connectivity index (χ3v) is 4.07. The first-order valence-electron chi connectivity index (χ1n) is 6.77. The molecular formula is C16H7BrClFN2O4. The summed E-state index contributed by atoms with van der Waals surface area (Å²) in [5.74, 6) is -1.44. The van der Waals surface area contributed by atoms with Crippen molar-refractivity contribution in [2.24, 2.45) is 4.99 Å². The van der Waals surface area contributed by atoms with Gasteiger partial charge in [0.1, 0.15) is 10.8 Å². The van der Waals surface area contributed by atoms with Gasteiger partial charge in [0.25, 0.3) is 5.69 Å². The maximum absolute atomic E-state index is 13.8. The number of benzene rings is 2. The Balaban J connectivity index is 2.01. The van der Waals surface area contributed by atoms with E-state index in [9.17, 15) is 19.3 Å². The summed E-state index contributed by atoms with van der Waals surface area (Å²) in [6, 6.07) is 8.13. The average molecular weight is 426 g/mol. The van der Waals surface area contributed by atoms with Gasteiger partial charge < -0.3 is 4.74 Å². The maximum Gasteiger partial charge on any atom is 0.363 e. The van der Waals surface area contributed by atoms with Crippen molar-refractivity contribution in [3.63, 3.8) is 0 Å². The van der Waals surface area contributed by atoms with E-state index in [1.165, 1.54) is 36.4 Å². The van der Waals surface area contributed by atoms with Crippen molar-refractivity contribution in [1.82, 2.24) is 0 Å². The Morgan fingerprint density at radius 3 is 2.76 bits per heavy atom. The second kappa shape index (κ2) is 6.73. The van der Waals surface area contributed by atoms with Crippen LogP contribution in [0.5, 0.6) is 0 Å². The van der Waals surface area contributed by atoms with Crippen LogP contribution < -0.4 is 0 Å². The highest BCUT2D eigenvalue weighted by Gasteiger charge is 2.26. The molecule has 9 heteroatoms. The molecule has 1 heterocycles. The number of hydrogen-bond acceptors (Lipinski definition) is 5. The number of halogens is 3. The number of nitro groups is 1. The van der Waals surface area contributed by atoms with Crippen molar-refractivity contribution in [3.8, 4) is 0 Å². The van der Waals surface area contributed by atoms with E-state index >= 15 is 0 Å². The fourth-order valence-electron chi connectivity index (χ4n) is 2.09. The van der Waals surface area contributed by atoms with Gasteiger partial charge in [-0.15, -0.1) is 0 Å².